The van der Waals surface area contributed by atoms with Gasteiger partial charge < -0.3 is 31.0 Å². The van der Waals surface area contributed by atoms with E-state index in [1.165, 1.54) is 36.2 Å². The number of nitrogens with one attached hydrogen (secondary N) is 5. The third-order valence-electron chi connectivity index (χ3n) is 11.5. The molecule has 0 saturated carbocycles. The van der Waals surface area contributed by atoms with E-state index in [0.717, 1.165) is 89.8 Å². The van der Waals surface area contributed by atoms with Crippen LogP contribution >= 0.6 is 23.5 Å². The number of hydrogen-bond donors (Lipinski definition) is 6. The molecule has 4 aliphatic rings. The summed E-state index contributed by atoms with van der Waals surface area (Å²) in [6.07, 6.45) is 7.98. The first-order chi connectivity index (χ1) is 29.2. The number of rotatable bonds is 7. The van der Waals surface area contributed by atoms with Gasteiger partial charge >= 0.3 is 5.97 Å². The van der Waals surface area contributed by atoms with Gasteiger partial charge in [-0.2, -0.15) is 0 Å². The highest BCUT2D eigenvalue weighted by Crippen LogP contribution is 2.40. The summed E-state index contributed by atoms with van der Waals surface area (Å²) in [6, 6.07) is 21.4. The summed E-state index contributed by atoms with van der Waals surface area (Å²) in [7, 11) is 0. The van der Waals surface area contributed by atoms with Crippen LogP contribution in [0.1, 0.15) is 46.5 Å². The first-order valence-electron chi connectivity index (χ1n) is 19.7. The molecule has 0 fully saturated rings. The smallest absolute Gasteiger partial charge is 0.306 e. The summed E-state index contributed by atoms with van der Waals surface area (Å²) in [4.78, 5) is 74.2. The number of carboxylic acid groups (broad SMARTS) is 1. The predicted molar refractivity (Wildman–Crippen MR) is 230 cm³/mol. The second-order valence-electron chi connectivity index (χ2n) is 15.3. The van der Waals surface area contributed by atoms with Gasteiger partial charge in [-0.3, -0.25) is 19.2 Å². The van der Waals surface area contributed by atoms with E-state index in [2.05, 4.69) is 45.9 Å². The lowest BCUT2D eigenvalue weighted by atomic mass is 9.86. The molecule has 3 aromatic carbocycles. The van der Waals surface area contributed by atoms with E-state index < -0.39 is 5.97 Å². The Labute approximate surface area is 351 Å². The van der Waals surface area contributed by atoms with Gasteiger partial charge in [-0.25, -0.2) is 19.9 Å². The third-order valence-corrected chi connectivity index (χ3v) is 13.4. The zero-order valence-electron chi connectivity index (χ0n) is 32.0. The number of carboxylic acids is 1. The first-order valence-corrected chi connectivity index (χ1v) is 21.3. The Morgan fingerprint density at radius 2 is 1.17 bits per heavy atom. The van der Waals surface area contributed by atoms with Crippen molar-refractivity contribution in [3.63, 3.8) is 0 Å². The van der Waals surface area contributed by atoms with E-state index >= 15 is 0 Å². The van der Waals surface area contributed by atoms with Crippen molar-refractivity contribution in [3.05, 3.63) is 113 Å². The van der Waals surface area contributed by atoms with Crippen LogP contribution < -0.4 is 16.0 Å². The van der Waals surface area contributed by atoms with Gasteiger partial charge in [0.15, 0.2) is 10.2 Å². The van der Waals surface area contributed by atoms with Crippen LogP contribution in [-0.2, 0) is 57.7 Å². The number of carbonyl (C=O) groups excluding carboxylic acids is 3. The number of anilines is 5. The zero-order valence-corrected chi connectivity index (χ0v) is 33.6. The lowest BCUT2D eigenvalue weighted by molar-refractivity contribution is -0.142. The van der Waals surface area contributed by atoms with Crippen molar-refractivity contribution >= 4 is 96.4 Å². The number of nitrogens with zero attached hydrogens (tertiary/aromatic N) is 4. The fraction of sp³-hybridized carbons (Fsp3) is 0.227. The van der Waals surface area contributed by atoms with Crippen molar-refractivity contribution in [2.75, 3.05) is 16.0 Å². The maximum absolute atomic E-state index is 12.9. The Bertz CT molecular complexity index is 2890. The number of benzene rings is 3. The molecule has 0 bridgehead atoms. The molecule has 2 atom stereocenters. The average Bonchev–Trinajstić information content (AvgIpc) is 4.02. The van der Waals surface area contributed by atoms with Crippen molar-refractivity contribution in [2.24, 2.45) is 11.8 Å². The van der Waals surface area contributed by atoms with Gasteiger partial charge in [-0.05, 0) is 97.2 Å². The van der Waals surface area contributed by atoms with Crippen LogP contribution in [0.15, 0.2) is 89.2 Å². The number of aromatic amines is 2. The summed E-state index contributed by atoms with van der Waals surface area (Å²) in [5, 5.41) is 21.3. The Morgan fingerprint density at radius 3 is 1.70 bits per heavy atom. The van der Waals surface area contributed by atoms with Crippen molar-refractivity contribution in [1.29, 1.82) is 0 Å². The molecular weight excluding hydrogens is 799 g/mol. The standard InChI is InChI=1S/C25H21N5O2S.C19H16N4O3S/c31-21-11-14-6-8-17(12-20(14)33-21)28-23-22-18-10-15(25(32)29-16-4-2-1-3-5-16)7-9-19(18)30-24(22)27-13-26-23;24-15-6-9-1-3-11(7-14(9)27-15)22-17-16-12-5-10(19(25)26)2-4-13(12)23-18(16)21-8-20-17/h1-6,8,12-13,15H,7,9-11H2,(H,29,32)(H2,26,27,28,30);1,3,7-8,10H,2,4-6H2,(H,25,26)(H2,20,21,22,23). The fourth-order valence-corrected chi connectivity index (χ4v) is 10.4. The second kappa shape index (κ2) is 15.6. The predicted octanol–water partition coefficient (Wildman–Crippen LogP) is 7.69. The monoisotopic (exact) mass is 835 g/mol. The van der Waals surface area contributed by atoms with Gasteiger partial charge in [0, 0.05) is 57.0 Å². The van der Waals surface area contributed by atoms with Crippen LogP contribution in [0.4, 0.5) is 28.7 Å². The summed E-state index contributed by atoms with van der Waals surface area (Å²) in [5.74, 6) is 0.127. The molecular formula is C44H37N9O5S2. The lowest BCUT2D eigenvalue weighted by Crippen LogP contribution is -2.28. The highest BCUT2D eigenvalue weighted by Gasteiger charge is 2.31. The normalized spacial score (nSPS) is 17.6. The van der Waals surface area contributed by atoms with Crippen LogP contribution in [0.3, 0.4) is 0 Å². The Morgan fingerprint density at radius 1 is 0.650 bits per heavy atom. The van der Waals surface area contributed by atoms with Crippen LogP contribution in [-0.4, -0.2) is 57.1 Å². The van der Waals surface area contributed by atoms with E-state index in [9.17, 15) is 24.3 Å². The molecule has 14 nitrogen and oxygen atoms in total. The van der Waals surface area contributed by atoms with E-state index in [1.807, 2.05) is 66.7 Å². The van der Waals surface area contributed by atoms with Gasteiger partial charge in [0.1, 0.15) is 35.6 Å². The molecule has 300 valence electrons. The van der Waals surface area contributed by atoms with Gasteiger partial charge in [0.25, 0.3) is 0 Å². The van der Waals surface area contributed by atoms with Crippen LogP contribution in [0.2, 0.25) is 0 Å². The summed E-state index contributed by atoms with van der Waals surface area (Å²) < 4.78 is 0. The number of thioether (sulfide) groups is 2. The van der Waals surface area contributed by atoms with Crippen LogP contribution in [0.25, 0.3) is 22.1 Å². The van der Waals surface area contributed by atoms with Gasteiger partial charge in [0.2, 0.25) is 5.91 Å². The maximum atomic E-state index is 12.9. The molecule has 2 aliphatic carbocycles. The molecule has 6 heterocycles. The van der Waals surface area contributed by atoms with E-state index in [1.54, 1.807) is 0 Å². The minimum absolute atomic E-state index is 0.0351. The fourth-order valence-electron chi connectivity index (χ4n) is 8.52. The minimum atomic E-state index is -0.762. The van der Waals surface area contributed by atoms with E-state index in [4.69, 9.17) is 0 Å². The van der Waals surface area contributed by atoms with Crippen molar-refractivity contribution in [3.8, 4) is 0 Å². The lowest BCUT2D eigenvalue weighted by Gasteiger charge is -2.22. The van der Waals surface area contributed by atoms with E-state index in [-0.39, 0.29) is 28.0 Å². The molecule has 1 amide bonds. The number of para-hydroxylation sites is 1. The molecule has 2 unspecified atom stereocenters. The highest BCUT2D eigenvalue weighted by atomic mass is 32.2. The zero-order chi connectivity index (χ0) is 40.9. The average molecular weight is 836 g/mol. The Hall–Kier alpha value is -6.52. The van der Waals surface area contributed by atoms with Gasteiger partial charge in [0.05, 0.1) is 16.7 Å². The van der Waals surface area contributed by atoms with Crippen molar-refractivity contribution in [2.45, 2.75) is 61.2 Å². The van der Waals surface area contributed by atoms with Crippen LogP contribution in [0, 0.1) is 11.8 Å². The number of amides is 1. The third kappa shape index (κ3) is 7.36. The Balaban J connectivity index is 0.000000147. The molecule has 11 rings (SSSR count). The molecule has 2 aliphatic heterocycles. The molecule has 6 N–H and O–H groups in total. The number of aromatic nitrogens is 6. The number of fused-ring (bicyclic) bond motifs is 8. The van der Waals surface area contributed by atoms with E-state index in [0.29, 0.717) is 55.8 Å². The van der Waals surface area contributed by atoms with Crippen molar-refractivity contribution in [1.82, 2.24) is 29.9 Å². The minimum Gasteiger partial charge on any atom is -0.481 e. The maximum Gasteiger partial charge on any atom is 0.306 e. The molecule has 60 heavy (non-hydrogen) atoms. The number of aliphatic carboxylic acids is 1. The number of aryl methyl sites for hydroxylation is 2. The van der Waals surface area contributed by atoms with Crippen molar-refractivity contribution < 1.29 is 24.3 Å². The molecule has 0 saturated heterocycles. The molecule has 0 radical (unpaired) electrons. The summed E-state index contributed by atoms with van der Waals surface area (Å²) in [6.45, 7) is 0. The number of carbonyl (C=O) groups is 4. The molecule has 0 spiro atoms. The van der Waals surface area contributed by atoms with Crippen LogP contribution in [0.5, 0.6) is 0 Å². The SMILES string of the molecule is O=C1Cc2ccc(Nc3ncnc4[nH]c5c(c34)CC(C(=O)Nc3ccccc3)CC5)cc2S1.O=C1Cc2ccc(Nc3ncnc4[nH]c5c(c34)CC(C(=O)O)CC5)cc2S1. The quantitative estimate of drug-likeness (QED) is 0.0912. The van der Waals surface area contributed by atoms with Gasteiger partial charge in [-0.1, -0.05) is 53.9 Å². The molecule has 7 aromatic rings. The highest BCUT2D eigenvalue weighted by molar-refractivity contribution is 8.14. The number of H-pyrrole nitrogens is 2. The largest absolute Gasteiger partial charge is 0.481 e. The summed E-state index contributed by atoms with van der Waals surface area (Å²) >= 11 is 2.55. The second-order valence-corrected chi connectivity index (χ2v) is 17.5. The van der Waals surface area contributed by atoms with Gasteiger partial charge in [-0.15, -0.1) is 0 Å². The molecule has 4 aromatic heterocycles. The Kier molecular flexibility index (Phi) is 9.80. The topological polar surface area (TPSA) is 208 Å². The first kappa shape index (κ1) is 37.7. The number of hydrogen-bond acceptors (Lipinski definition) is 12. The molecule has 16 heteroatoms. The summed E-state index contributed by atoms with van der Waals surface area (Å²) in [5.41, 5.74) is 10.4.